The van der Waals surface area contributed by atoms with Gasteiger partial charge in [-0.15, -0.1) is 0 Å². The lowest BCUT2D eigenvalue weighted by molar-refractivity contribution is -0.123. The van der Waals surface area contributed by atoms with Crippen LogP contribution in [0.25, 0.3) is 0 Å². The molecule has 1 saturated heterocycles. The highest BCUT2D eigenvalue weighted by atomic mass is 32.2. The van der Waals surface area contributed by atoms with Crippen molar-refractivity contribution in [3.63, 3.8) is 0 Å². The number of cyclic esters (lactones) is 1. The third-order valence-corrected chi connectivity index (χ3v) is 6.69. The van der Waals surface area contributed by atoms with E-state index in [2.05, 4.69) is 4.98 Å². The fourth-order valence-electron chi connectivity index (χ4n) is 3.81. The standard InChI is InChI=1S/C21H19FN4O5S/c22-17-4-2-1-3-14(17)12-32(29,30)25-20(27)13-5-7-26(8-6-13)19-15(10-23)9-16-18(24-19)11-31-21(16)28/h1-4,9,13H,5-8,11-12H2,(H,25,27). The summed E-state index contributed by atoms with van der Waals surface area (Å²) in [6.07, 6.45) is 0.695. The minimum Gasteiger partial charge on any atom is -0.455 e. The van der Waals surface area contributed by atoms with E-state index in [9.17, 15) is 27.7 Å². The molecular weight excluding hydrogens is 439 g/mol. The minimum absolute atomic E-state index is 0.0169. The number of hydrogen-bond donors (Lipinski definition) is 1. The van der Waals surface area contributed by atoms with E-state index in [1.54, 1.807) is 0 Å². The predicted molar refractivity (Wildman–Crippen MR) is 110 cm³/mol. The molecule has 32 heavy (non-hydrogen) atoms. The van der Waals surface area contributed by atoms with E-state index in [-0.39, 0.29) is 23.3 Å². The molecule has 2 aliphatic heterocycles. The van der Waals surface area contributed by atoms with Gasteiger partial charge in [0.05, 0.1) is 22.6 Å². The minimum atomic E-state index is -4.05. The van der Waals surface area contributed by atoms with E-state index in [0.717, 1.165) is 6.07 Å². The maximum Gasteiger partial charge on any atom is 0.340 e. The number of benzene rings is 1. The Bertz CT molecular complexity index is 1230. The van der Waals surface area contributed by atoms with Crippen molar-refractivity contribution in [3.05, 3.63) is 58.5 Å². The van der Waals surface area contributed by atoms with Gasteiger partial charge in [-0.3, -0.25) is 9.52 Å². The van der Waals surface area contributed by atoms with E-state index in [1.807, 2.05) is 15.7 Å². The van der Waals surface area contributed by atoms with Crippen molar-refractivity contribution < 1.29 is 27.1 Å². The molecule has 1 aromatic carbocycles. The van der Waals surface area contributed by atoms with Gasteiger partial charge in [-0.05, 0) is 25.0 Å². The normalized spacial score (nSPS) is 16.2. The fourth-order valence-corrected chi connectivity index (χ4v) is 5.00. The summed E-state index contributed by atoms with van der Waals surface area (Å²) in [6, 6.07) is 8.99. The number of carbonyl (C=O) groups excluding carboxylic acids is 2. The first-order valence-corrected chi connectivity index (χ1v) is 11.6. The van der Waals surface area contributed by atoms with Gasteiger partial charge in [-0.25, -0.2) is 22.6 Å². The number of fused-ring (bicyclic) bond motifs is 1. The number of anilines is 1. The number of nitriles is 1. The lowest BCUT2D eigenvalue weighted by atomic mass is 9.96. The van der Waals surface area contributed by atoms with Crippen LogP contribution in [-0.4, -0.2) is 38.4 Å². The summed E-state index contributed by atoms with van der Waals surface area (Å²) >= 11 is 0. The second-order valence-corrected chi connectivity index (χ2v) is 9.34. The number of nitrogens with one attached hydrogen (secondary N) is 1. The largest absolute Gasteiger partial charge is 0.455 e. The van der Waals surface area contributed by atoms with Crippen LogP contribution in [0, 0.1) is 23.1 Å². The van der Waals surface area contributed by atoms with Crippen LogP contribution in [-0.2, 0) is 31.9 Å². The predicted octanol–water partition coefficient (Wildman–Crippen LogP) is 1.63. The van der Waals surface area contributed by atoms with Crippen molar-refractivity contribution >= 4 is 27.7 Å². The van der Waals surface area contributed by atoms with E-state index >= 15 is 0 Å². The highest BCUT2D eigenvalue weighted by molar-refractivity contribution is 7.89. The van der Waals surface area contributed by atoms with E-state index in [1.165, 1.54) is 24.3 Å². The Morgan fingerprint density at radius 1 is 1.31 bits per heavy atom. The zero-order valence-corrected chi connectivity index (χ0v) is 17.7. The average molecular weight is 458 g/mol. The Labute approximate surface area is 183 Å². The van der Waals surface area contributed by atoms with Crippen molar-refractivity contribution in [3.8, 4) is 6.07 Å². The molecule has 0 aliphatic carbocycles. The van der Waals surface area contributed by atoms with Crippen molar-refractivity contribution in [2.24, 2.45) is 5.92 Å². The third-order valence-electron chi connectivity index (χ3n) is 5.49. The van der Waals surface area contributed by atoms with Crippen LogP contribution < -0.4 is 9.62 Å². The number of ether oxygens (including phenoxy) is 1. The first-order chi connectivity index (χ1) is 15.3. The molecule has 2 aliphatic rings. The van der Waals surface area contributed by atoms with Crippen LogP contribution >= 0.6 is 0 Å². The highest BCUT2D eigenvalue weighted by Gasteiger charge is 2.31. The highest BCUT2D eigenvalue weighted by Crippen LogP contribution is 2.29. The Hall–Kier alpha value is -3.52. The number of esters is 1. The molecule has 1 aromatic heterocycles. The van der Waals surface area contributed by atoms with Gasteiger partial charge in [0.25, 0.3) is 0 Å². The van der Waals surface area contributed by atoms with Gasteiger partial charge in [0, 0.05) is 24.6 Å². The van der Waals surface area contributed by atoms with Crippen LogP contribution in [0.15, 0.2) is 30.3 Å². The molecule has 0 spiro atoms. The molecule has 4 rings (SSSR count). The summed E-state index contributed by atoms with van der Waals surface area (Å²) in [4.78, 5) is 30.4. The molecule has 11 heteroatoms. The monoisotopic (exact) mass is 458 g/mol. The van der Waals surface area contributed by atoms with E-state index in [4.69, 9.17) is 4.74 Å². The topological polar surface area (TPSA) is 129 Å². The van der Waals surface area contributed by atoms with Crippen molar-refractivity contribution in [2.45, 2.75) is 25.2 Å². The molecule has 0 bridgehead atoms. The van der Waals surface area contributed by atoms with Gasteiger partial charge >= 0.3 is 5.97 Å². The van der Waals surface area contributed by atoms with Gasteiger partial charge in [0.1, 0.15) is 24.3 Å². The van der Waals surface area contributed by atoms with Gasteiger partial charge in [0.15, 0.2) is 0 Å². The number of amides is 1. The lowest BCUT2D eigenvalue weighted by Gasteiger charge is -2.32. The summed E-state index contributed by atoms with van der Waals surface area (Å²) in [5.74, 6) is -2.57. The Kier molecular flexibility index (Phi) is 5.80. The molecule has 0 saturated carbocycles. The van der Waals surface area contributed by atoms with Crippen LogP contribution in [0.4, 0.5) is 10.2 Å². The van der Waals surface area contributed by atoms with Gasteiger partial charge < -0.3 is 9.64 Å². The van der Waals surface area contributed by atoms with Crippen LogP contribution in [0.1, 0.15) is 40.0 Å². The van der Waals surface area contributed by atoms with Crippen LogP contribution in [0.3, 0.4) is 0 Å². The SMILES string of the molecule is N#Cc1cc2c(nc1N1CCC(C(=O)NS(=O)(=O)Cc3ccccc3F)CC1)COC2=O. The van der Waals surface area contributed by atoms with Crippen LogP contribution in [0.5, 0.6) is 0 Å². The van der Waals surface area contributed by atoms with Crippen molar-refractivity contribution in [2.75, 3.05) is 18.0 Å². The Morgan fingerprint density at radius 2 is 2.03 bits per heavy atom. The number of piperidine rings is 1. The smallest absolute Gasteiger partial charge is 0.340 e. The molecule has 3 heterocycles. The van der Waals surface area contributed by atoms with Gasteiger partial charge in [-0.1, -0.05) is 18.2 Å². The van der Waals surface area contributed by atoms with Crippen molar-refractivity contribution in [1.29, 1.82) is 5.26 Å². The lowest BCUT2D eigenvalue weighted by Crippen LogP contribution is -2.43. The Morgan fingerprint density at radius 3 is 2.72 bits per heavy atom. The van der Waals surface area contributed by atoms with E-state index < -0.39 is 39.4 Å². The molecule has 2 aromatic rings. The fraction of sp³-hybridized carbons (Fsp3) is 0.333. The molecule has 1 amide bonds. The summed E-state index contributed by atoms with van der Waals surface area (Å²) in [6.45, 7) is 0.799. The maximum atomic E-state index is 13.7. The number of aromatic nitrogens is 1. The molecule has 0 radical (unpaired) electrons. The molecule has 1 fully saturated rings. The number of hydrogen-bond acceptors (Lipinski definition) is 8. The first kappa shape index (κ1) is 21.7. The molecule has 1 N–H and O–H groups in total. The molecule has 166 valence electrons. The second kappa shape index (κ2) is 8.55. The van der Waals surface area contributed by atoms with Gasteiger partial charge in [0.2, 0.25) is 15.9 Å². The zero-order chi connectivity index (χ0) is 22.9. The first-order valence-electron chi connectivity index (χ1n) is 9.91. The quantitative estimate of drug-likeness (QED) is 0.669. The van der Waals surface area contributed by atoms with Gasteiger partial charge in [-0.2, -0.15) is 5.26 Å². The Balaban J connectivity index is 1.40. The summed E-state index contributed by atoms with van der Waals surface area (Å²) in [5, 5.41) is 9.45. The zero-order valence-electron chi connectivity index (χ0n) is 16.9. The summed E-state index contributed by atoms with van der Waals surface area (Å²) in [5.41, 5.74) is 0.956. The number of nitrogens with zero attached hydrogens (tertiary/aromatic N) is 3. The number of halogens is 1. The average Bonchev–Trinajstić information content (AvgIpc) is 3.14. The molecule has 0 unspecified atom stereocenters. The third kappa shape index (κ3) is 4.40. The number of rotatable bonds is 5. The second-order valence-electron chi connectivity index (χ2n) is 7.62. The number of carbonyl (C=O) groups is 2. The number of sulfonamides is 1. The van der Waals surface area contributed by atoms with E-state index in [0.29, 0.717) is 37.4 Å². The number of pyridine rings is 1. The molecule has 0 atom stereocenters. The maximum absolute atomic E-state index is 13.7. The van der Waals surface area contributed by atoms with Crippen LogP contribution in [0.2, 0.25) is 0 Å². The molecule has 9 nitrogen and oxygen atoms in total. The molecular formula is C21H19FN4O5S. The van der Waals surface area contributed by atoms with Crippen molar-refractivity contribution in [1.82, 2.24) is 9.71 Å². The summed E-state index contributed by atoms with van der Waals surface area (Å²) in [7, 11) is -4.05. The summed E-state index contributed by atoms with van der Waals surface area (Å²) < 4.78 is 45.4.